The molecule has 0 atom stereocenters. The number of hydrogen-bond acceptors (Lipinski definition) is 7. The molecule has 0 aliphatic carbocycles. The van der Waals surface area contributed by atoms with Crippen LogP contribution in [-0.2, 0) is 16.1 Å². The summed E-state index contributed by atoms with van der Waals surface area (Å²) in [5.74, 6) is 0.161. The quantitative estimate of drug-likeness (QED) is 0.835. The SMILES string of the molecule is CCOC(=O)NC(=O)CN(CC)Cc1coc(-c2cccs2)n1. The lowest BCUT2D eigenvalue weighted by Crippen LogP contribution is -2.40. The van der Waals surface area contributed by atoms with Crippen LogP contribution in [0.4, 0.5) is 4.79 Å². The van der Waals surface area contributed by atoms with E-state index in [1.165, 1.54) is 0 Å². The number of ether oxygens (including phenoxy) is 1. The second-order valence-corrected chi connectivity index (χ2v) is 5.64. The van der Waals surface area contributed by atoms with Crippen molar-refractivity contribution >= 4 is 23.3 Å². The molecule has 8 heteroatoms. The molecule has 7 nitrogen and oxygen atoms in total. The number of thiophene rings is 1. The van der Waals surface area contributed by atoms with Gasteiger partial charge in [0.25, 0.3) is 0 Å². The summed E-state index contributed by atoms with van der Waals surface area (Å²) in [5.41, 5.74) is 0.735. The molecule has 0 radical (unpaired) electrons. The van der Waals surface area contributed by atoms with Crippen molar-refractivity contribution in [2.24, 2.45) is 0 Å². The number of carbonyl (C=O) groups excluding carboxylic acids is 2. The van der Waals surface area contributed by atoms with Crippen LogP contribution in [0.25, 0.3) is 10.8 Å². The molecule has 2 aromatic heterocycles. The van der Waals surface area contributed by atoms with Gasteiger partial charge >= 0.3 is 6.09 Å². The number of rotatable bonds is 7. The third-order valence-electron chi connectivity index (χ3n) is 3.00. The van der Waals surface area contributed by atoms with Crippen LogP contribution in [-0.4, -0.2) is 41.6 Å². The van der Waals surface area contributed by atoms with Gasteiger partial charge < -0.3 is 9.15 Å². The molecule has 0 aliphatic heterocycles. The number of amides is 2. The van der Waals surface area contributed by atoms with E-state index in [0.717, 1.165) is 10.6 Å². The van der Waals surface area contributed by atoms with Crippen LogP contribution in [0.15, 0.2) is 28.2 Å². The standard InChI is InChI=1S/C15H19N3O4S/c1-3-18(9-13(19)17-15(20)21-4-2)8-11-10-22-14(16-11)12-6-5-7-23-12/h5-7,10H,3-4,8-9H2,1-2H3,(H,17,19,20). The van der Waals surface area contributed by atoms with Crippen LogP contribution in [0.1, 0.15) is 19.5 Å². The van der Waals surface area contributed by atoms with Crippen molar-refractivity contribution in [1.29, 1.82) is 0 Å². The molecule has 2 aromatic rings. The maximum Gasteiger partial charge on any atom is 0.413 e. The molecular formula is C15H19N3O4S. The van der Waals surface area contributed by atoms with E-state index in [9.17, 15) is 9.59 Å². The molecule has 1 N–H and O–H groups in total. The second-order valence-electron chi connectivity index (χ2n) is 4.69. The van der Waals surface area contributed by atoms with Gasteiger partial charge in [0.1, 0.15) is 6.26 Å². The van der Waals surface area contributed by atoms with Gasteiger partial charge in [-0.2, -0.15) is 0 Å². The Morgan fingerprint density at radius 1 is 1.43 bits per heavy atom. The van der Waals surface area contributed by atoms with Gasteiger partial charge in [0, 0.05) is 6.54 Å². The van der Waals surface area contributed by atoms with Crippen molar-refractivity contribution in [2.75, 3.05) is 19.7 Å². The molecule has 0 spiro atoms. The van der Waals surface area contributed by atoms with Gasteiger partial charge in [-0.3, -0.25) is 15.0 Å². The predicted molar refractivity (Wildman–Crippen MR) is 85.9 cm³/mol. The number of alkyl carbamates (subject to hydrolysis) is 1. The average molecular weight is 337 g/mol. The highest BCUT2D eigenvalue weighted by Gasteiger charge is 2.15. The Labute approximate surface area is 138 Å². The van der Waals surface area contributed by atoms with Gasteiger partial charge in [-0.25, -0.2) is 9.78 Å². The zero-order valence-electron chi connectivity index (χ0n) is 13.1. The van der Waals surface area contributed by atoms with Crippen molar-refractivity contribution in [3.8, 4) is 10.8 Å². The molecule has 0 bridgehead atoms. The molecule has 0 saturated heterocycles. The first kappa shape index (κ1) is 17.2. The summed E-state index contributed by atoms with van der Waals surface area (Å²) in [5, 5.41) is 4.13. The molecule has 0 saturated carbocycles. The third kappa shape index (κ3) is 5.19. The molecule has 2 heterocycles. The van der Waals surface area contributed by atoms with E-state index in [2.05, 4.69) is 15.0 Å². The Morgan fingerprint density at radius 3 is 2.91 bits per heavy atom. The van der Waals surface area contributed by atoms with Crippen molar-refractivity contribution in [2.45, 2.75) is 20.4 Å². The summed E-state index contributed by atoms with van der Waals surface area (Å²) in [4.78, 5) is 30.2. The number of aromatic nitrogens is 1. The van der Waals surface area contributed by atoms with Crippen molar-refractivity contribution in [1.82, 2.24) is 15.2 Å². The zero-order chi connectivity index (χ0) is 16.7. The van der Waals surface area contributed by atoms with E-state index in [1.54, 1.807) is 24.5 Å². The third-order valence-corrected chi connectivity index (χ3v) is 3.86. The highest BCUT2D eigenvalue weighted by atomic mass is 32.1. The van der Waals surface area contributed by atoms with Gasteiger partial charge in [-0.1, -0.05) is 13.0 Å². The minimum Gasteiger partial charge on any atom is -0.450 e. The predicted octanol–water partition coefficient (Wildman–Crippen LogP) is 2.50. The van der Waals surface area contributed by atoms with E-state index in [-0.39, 0.29) is 13.2 Å². The lowest BCUT2D eigenvalue weighted by Gasteiger charge is -2.17. The first-order chi connectivity index (χ1) is 11.1. The van der Waals surface area contributed by atoms with Gasteiger partial charge in [0.05, 0.1) is 23.7 Å². The number of hydrogen-bond donors (Lipinski definition) is 1. The van der Waals surface area contributed by atoms with Crippen molar-refractivity contribution in [3.05, 3.63) is 29.5 Å². The number of nitrogens with zero attached hydrogens (tertiary/aromatic N) is 2. The first-order valence-electron chi connectivity index (χ1n) is 7.29. The van der Waals surface area contributed by atoms with Crippen LogP contribution in [0.5, 0.6) is 0 Å². The van der Waals surface area contributed by atoms with Crippen LogP contribution < -0.4 is 5.32 Å². The fourth-order valence-corrected chi connectivity index (χ4v) is 2.58. The van der Waals surface area contributed by atoms with E-state index in [1.807, 2.05) is 29.3 Å². The minimum absolute atomic E-state index is 0.0799. The molecule has 0 aliphatic rings. The maximum absolute atomic E-state index is 11.8. The molecule has 2 rings (SSSR count). The number of nitrogens with one attached hydrogen (secondary N) is 1. The Hall–Kier alpha value is -2.19. The largest absolute Gasteiger partial charge is 0.450 e. The second kappa shape index (κ2) is 8.44. The van der Waals surface area contributed by atoms with Crippen molar-refractivity contribution in [3.63, 3.8) is 0 Å². The van der Waals surface area contributed by atoms with Crippen LogP contribution in [0.3, 0.4) is 0 Å². The maximum atomic E-state index is 11.8. The Balaban J connectivity index is 1.89. The summed E-state index contributed by atoms with van der Waals surface area (Å²) in [7, 11) is 0. The smallest absolute Gasteiger partial charge is 0.413 e. The van der Waals surface area contributed by atoms with Gasteiger partial charge in [-0.05, 0) is 24.9 Å². The number of imide groups is 1. The fourth-order valence-electron chi connectivity index (χ4n) is 1.93. The lowest BCUT2D eigenvalue weighted by molar-refractivity contribution is -0.121. The molecule has 2 amide bonds. The molecule has 0 fully saturated rings. The van der Waals surface area contributed by atoms with Crippen LogP contribution in [0, 0.1) is 0 Å². The molecule has 23 heavy (non-hydrogen) atoms. The normalized spacial score (nSPS) is 10.7. The molecule has 0 unspecified atom stereocenters. The average Bonchev–Trinajstić information content (AvgIpc) is 3.17. The van der Waals surface area contributed by atoms with E-state index in [4.69, 9.17) is 4.42 Å². The topological polar surface area (TPSA) is 84.7 Å². The number of oxazole rings is 1. The summed E-state index contributed by atoms with van der Waals surface area (Å²) in [6.07, 6.45) is 0.857. The van der Waals surface area contributed by atoms with Crippen LogP contribution in [0.2, 0.25) is 0 Å². The van der Waals surface area contributed by atoms with Gasteiger partial charge in [0.15, 0.2) is 0 Å². The molecule has 0 aromatic carbocycles. The summed E-state index contributed by atoms with van der Waals surface area (Å²) in [6, 6.07) is 3.87. The molecule has 124 valence electrons. The van der Waals surface area contributed by atoms with Gasteiger partial charge in [0.2, 0.25) is 11.8 Å². The van der Waals surface area contributed by atoms with Crippen LogP contribution >= 0.6 is 11.3 Å². The highest BCUT2D eigenvalue weighted by molar-refractivity contribution is 7.13. The highest BCUT2D eigenvalue weighted by Crippen LogP contribution is 2.23. The Morgan fingerprint density at radius 2 is 2.26 bits per heavy atom. The summed E-state index contributed by atoms with van der Waals surface area (Å²) in [6.45, 7) is 5.01. The molecular weight excluding hydrogens is 318 g/mol. The zero-order valence-corrected chi connectivity index (χ0v) is 13.9. The van der Waals surface area contributed by atoms with E-state index in [0.29, 0.717) is 19.0 Å². The fraction of sp³-hybridized carbons (Fsp3) is 0.400. The monoisotopic (exact) mass is 337 g/mol. The van der Waals surface area contributed by atoms with Crippen molar-refractivity contribution < 1.29 is 18.7 Å². The summed E-state index contributed by atoms with van der Waals surface area (Å²) >= 11 is 1.55. The summed E-state index contributed by atoms with van der Waals surface area (Å²) < 4.78 is 10.1. The lowest BCUT2D eigenvalue weighted by atomic mass is 10.4. The minimum atomic E-state index is -0.727. The van der Waals surface area contributed by atoms with Gasteiger partial charge in [-0.15, -0.1) is 11.3 Å². The Kier molecular flexibility index (Phi) is 6.30. The van der Waals surface area contributed by atoms with E-state index < -0.39 is 12.0 Å². The van der Waals surface area contributed by atoms with E-state index >= 15 is 0 Å². The number of likely N-dealkylation sites (N-methyl/N-ethyl adjacent to an activating group) is 1. The first-order valence-corrected chi connectivity index (χ1v) is 8.17. The number of carbonyl (C=O) groups is 2. The Bertz CT molecular complexity index is 639.